The van der Waals surface area contributed by atoms with Gasteiger partial charge >= 0.3 is 0 Å². The average Bonchev–Trinajstić information content (AvgIpc) is 3.13. The van der Waals surface area contributed by atoms with E-state index in [9.17, 15) is 0 Å². The van der Waals surface area contributed by atoms with Crippen LogP contribution in [-0.4, -0.2) is 38.1 Å². The minimum Gasteiger partial charge on any atom is -0.353 e. The van der Waals surface area contributed by atoms with Crippen LogP contribution in [0.1, 0.15) is 26.3 Å². The molecular formula is C17H24N2S6. The molecular weight excluding hydrogens is 425 g/mol. The van der Waals surface area contributed by atoms with Crippen molar-refractivity contribution in [2.75, 3.05) is 19.6 Å². The van der Waals surface area contributed by atoms with Crippen molar-refractivity contribution in [2.45, 2.75) is 27.3 Å². The summed E-state index contributed by atoms with van der Waals surface area (Å²) in [7, 11) is 3.13. The standard InChI is InChI=1S/C17H24N2S6/c1-4-7-14(12-20)10-18(5-2)16(21)24-25-17(22)19(6-3)11-15-8-9-23-13-15/h4,7-9,12-13,20H,5-6,10-11H2,1-3H3/b7-4-,14-12+. The monoisotopic (exact) mass is 448 g/mol. The Morgan fingerprint density at radius 1 is 1.20 bits per heavy atom. The summed E-state index contributed by atoms with van der Waals surface area (Å²) in [5.41, 5.74) is 2.43. The van der Waals surface area contributed by atoms with Crippen LogP contribution in [-0.2, 0) is 6.54 Å². The molecule has 0 aliphatic rings. The van der Waals surface area contributed by atoms with Crippen molar-refractivity contribution in [3.05, 3.63) is 45.5 Å². The first kappa shape index (κ1) is 23.0. The third-order valence-electron chi connectivity index (χ3n) is 3.34. The Hall–Kier alpha value is 0.01000. The summed E-state index contributed by atoms with van der Waals surface area (Å²) in [6, 6.07) is 2.14. The average molecular weight is 449 g/mol. The highest BCUT2D eigenvalue weighted by Crippen LogP contribution is 2.29. The Bertz CT molecular complexity index is 594. The SMILES string of the molecule is C/C=C\C(=C/S)CN(CC)C(=S)SSC(=S)N(CC)Cc1ccsc1. The summed E-state index contributed by atoms with van der Waals surface area (Å²) < 4.78 is 1.72. The molecule has 1 aromatic heterocycles. The first-order valence-corrected chi connectivity index (χ1v) is 12.4. The maximum Gasteiger partial charge on any atom is 0.147 e. The number of likely N-dealkylation sites (N-methyl/N-ethyl adjacent to an activating group) is 1. The Kier molecular flexibility index (Phi) is 12.2. The van der Waals surface area contributed by atoms with E-state index in [1.807, 2.05) is 18.4 Å². The lowest BCUT2D eigenvalue weighted by molar-refractivity contribution is 0.452. The normalized spacial score (nSPS) is 11.8. The number of rotatable bonds is 7. The van der Waals surface area contributed by atoms with E-state index < -0.39 is 0 Å². The molecule has 0 saturated carbocycles. The van der Waals surface area contributed by atoms with Crippen molar-refractivity contribution in [1.29, 1.82) is 0 Å². The van der Waals surface area contributed by atoms with Crippen LogP contribution in [0, 0.1) is 0 Å². The van der Waals surface area contributed by atoms with Gasteiger partial charge in [-0.3, -0.25) is 0 Å². The van der Waals surface area contributed by atoms with Gasteiger partial charge in [-0.2, -0.15) is 24.0 Å². The van der Waals surface area contributed by atoms with Crippen molar-refractivity contribution < 1.29 is 0 Å². The fraction of sp³-hybridized carbons (Fsp3) is 0.412. The maximum absolute atomic E-state index is 5.60. The molecule has 25 heavy (non-hydrogen) atoms. The van der Waals surface area contributed by atoms with Gasteiger partial charge in [-0.15, -0.1) is 0 Å². The second kappa shape index (κ2) is 13.2. The molecule has 1 aromatic rings. The van der Waals surface area contributed by atoms with Gasteiger partial charge in [0.1, 0.15) is 8.64 Å². The van der Waals surface area contributed by atoms with Gasteiger partial charge in [0.05, 0.1) is 0 Å². The molecule has 0 N–H and O–H groups in total. The number of allylic oxidation sites excluding steroid dienone is 1. The van der Waals surface area contributed by atoms with Gasteiger partial charge in [0, 0.05) is 26.2 Å². The zero-order valence-corrected chi connectivity index (χ0v) is 19.7. The van der Waals surface area contributed by atoms with Crippen LogP contribution in [0.3, 0.4) is 0 Å². The van der Waals surface area contributed by atoms with Gasteiger partial charge in [-0.25, -0.2) is 0 Å². The van der Waals surface area contributed by atoms with Crippen molar-refractivity contribution in [3.8, 4) is 0 Å². The number of thiocarbonyl (C=S) groups is 2. The first-order valence-electron chi connectivity index (χ1n) is 7.94. The Balaban J connectivity index is 2.55. The quantitative estimate of drug-likeness (QED) is 0.227. The molecule has 2 nitrogen and oxygen atoms in total. The lowest BCUT2D eigenvalue weighted by Gasteiger charge is -2.25. The molecule has 1 heterocycles. The van der Waals surface area contributed by atoms with E-state index in [0.717, 1.165) is 40.4 Å². The van der Waals surface area contributed by atoms with Gasteiger partial charge in [0.25, 0.3) is 0 Å². The van der Waals surface area contributed by atoms with Crippen molar-refractivity contribution in [2.24, 2.45) is 0 Å². The Morgan fingerprint density at radius 2 is 1.84 bits per heavy atom. The van der Waals surface area contributed by atoms with Crippen LogP contribution in [0.25, 0.3) is 0 Å². The highest BCUT2D eigenvalue weighted by Gasteiger charge is 2.14. The molecule has 0 amide bonds. The summed E-state index contributed by atoms with van der Waals surface area (Å²) >= 11 is 17.2. The van der Waals surface area contributed by atoms with E-state index in [4.69, 9.17) is 24.4 Å². The predicted octanol–water partition coefficient (Wildman–Crippen LogP) is 6.23. The second-order valence-corrected chi connectivity index (χ2v) is 9.50. The topological polar surface area (TPSA) is 6.48 Å². The third-order valence-corrected chi connectivity index (χ3v) is 8.13. The van der Waals surface area contributed by atoms with Crippen LogP contribution >= 0.6 is 70.0 Å². The van der Waals surface area contributed by atoms with Crippen LogP contribution in [0.15, 0.2) is 40.0 Å². The molecule has 1 rings (SSSR count). The van der Waals surface area contributed by atoms with Crippen molar-refractivity contribution in [1.82, 2.24) is 9.80 Å². The van der Waals surface area contributed by atoms with Crippen LogP contribution in [0.4, 0.5) is 0 Å². The molecule has 0 aliphatic heterocycles. The zero-order chi connectivity index (χ0) is 18.7. The molecule has 0 bridgehead atoms. The highest BCUT2D eigenvalue weighted by atomic mass is 33.1. The molecule has 0 atom stereocenters. The van der Waals surface area contributed by atoms with Crippen molar-refractivity contribution in [3.63, 3.8) is 0 Å². The van der Waals surface area contributed by atoms with Crippen LogP contribution < -0.4 is 0 Å². The molecule has 0 unspecified atom stereocenters. The molecule has 0 fully saturated rings. The number of thiol groups is 1. The smallest absolute Gasteiger partial charge is 0.147 e. The number of hydrogen-bond acceptors (Lipinski definition) is 6. The minimum absolute atomic E-state index is 0.760. The highest BCUT2D eigenvalue weighted by molar-refractivity contribution is 8.89. The molecule has 0 spiro atoms. The largest absolute Gasteiger partial charge is 0.353 e. The zero-order valence-electron chi connectivity index (χ0n) is 14.7. The van der Waals surface area contributed by atoms with Gasteiger partial charge < -0.3 is 9.80 Å². The maximum atomic E-state index is 5.60. The molecule has 8 heteroatoms. The first-order chi connectivity index (χ1) is 12.0. The van der Waals surface area contributed by atoms with E-state index >= 15 is 0 Å². The molecule has 0 radical (unpaired) electrons. The summed E-state index contributed by atoms with van der Waals surface area (Å²) in [5.74, 6) is 0. The fourth-order valence-electron chi connectivity index (χ4n) is 1.96. The molecule has 0 saturated heterocycles. The predicted molar refractivity (Wildman–Crippen MR) is 130 cm³/mol. The second-order valence-electron chi connectivity index (χ2n) is 5.06. The number of hydrogen-bond donors (Lipinski definition) is 1. The number of nitrogens with zero attached hydrogens (tertiary/aromatic N) is 2. The van der Waals surface area contributed by atoms with E-state index in [0.29, 0.717) is 0 Å². The summed E-state index contributed by atoms with van der Waals surface area (Å²) in [4.78, 5) is 4.36. The van der Waals surface area contributed by atoms with Gasteiger partial charge in [-0.1, -0.05) is 36.6 Å². The van der Waals surface area contributed by atoms with E-state index in [1.54, 1.807) is 32.9 Å². The Labute approximate surface area is 179 Å². The van der Waals surface area contributed by atoms with Gasteiger partial charge in [0.2, 0.25) is 0 Å². The van der Waals surface area contributed by atoms with Gasteiger partial charge in [0.15, 0.2) is 0 Å². The van der Waals surface area contributed by atoms with E-state index in [1.165, 1.54) is 5.56 Å². The summed E-state index contributed by atoms with van der Waals surface area (Å²) in [6.07, 6.45) is 4.07. The Morgan fingerprint density at radius 3 is 2.32 bits per heavy atom. The number of thiophene rings is 1. The summed E-state index contributed by atoms with van der Waals surface area (Å²) in [5, 5.41) is 6.09. The lowest BCUT2D eigenvalue weighted by Crippen LogP contribution is -2.29. The van der Waals surface area contributed by atoms with E-state index in [2.05, 4.69) is 59.2 Å². The van der Waals surface area contributed by atoms with Gasteiger partial charge in [-0.05, 0) is 75.7 Å². The van der Waals surface area contributed by atoms with Crippen LogP contribution in [0.5, 0.6) is 0 Å². The fourth-order valence-corrected chi connectivity index (χ4v) is 5.59. The lowest BCUT2D eigenvalue weighted by atomic mass is 10.2. The van der Waals surface area contributed by atoms with Crippen LogP contribution in [0.2, 0.25) is 0 Å². The molecule has 138 valence electrons. The third kappa shape index (κ3) is 8.49. The summed E-state index contributed by atoms with van der Waals surface area (Å²) in [6.45, 7) is 9.59. The van der Waals surface area contributed by atoms with Crippen molar-refractivity contribution >= 4 is 78.6 Å². The minimum atomic E-state index is 0.760. The molecule has 0 aromatic carbocycles. The van der Waals surface area contributed by atoms with E-state index in [-0.39, 0.29) is 0 Å². The molecule has 0 aliphatic carbocycles.